The van der Waals surface area contributed by atoms with Gasteiger partial charge in [0.05, 0.1) is 22.4 Å². The summed E-state index contributed by atoms with van der Waals surface area (Å²) in [5, 5.41) is 38.8. The molecule has 0 fully saturated rings. The molecule has 4 rings (SSSR count). The first-order valence-electron chi connectivity index (χ1n) is 7.95. The zero-order chi connectivity index (χ0) is 19.0. The van der Waals surface area contributed by atoms with Crippen molar-refractivity contribution in [2.24, 2.45) is 0 Å². The minimum absolute atomic E-state index is 0.150. The van der Waals surface area contributed by atoms with Crippen LogP contribution in [0.1, 0.15) is 0 Å². The number of aromatic hydroxyl groups is 1. The van der Waals surface area contributed by atoms with Crippen molar-refractivity contribution in [3.63, 3.8) is 0 Å². The molecule has 9 heteroatoms. The van der Waals surface area contributed by atoms with E-state index in [4.69, 9.17) is 21.8 Å². The highest BCUT2D eigenvalue weighted by Crippen LogP contribution is 2.36. The maximum absolute atomic E-state index is 10.2. The first-order chi connectivity index (χ1) is 13.0. The fourth-order valence-electron chi connectivity index (χ4n) is 2.80. The van der Waals surface area contributed by atoms with Crippen molar-refractivity contribution in [2.75, 3.05) is 5.32 Å². The molecule has 0 saturated heterocycles. The second-order valence-corrected chi connectivity index (χ2v) is 6.18. The number of anilines is 1. The summed E-state index contributed by atoms with van der Waals surface area (Å²) in [4.78, 5) is 8.57. The molecular formula is C18H14ClN5O3. The lowest BCUT2D eigenvalue weighted by Gasteiger charge is -2.14. The number of rotatable bonds is 4. The van der Waals surface area contributed by atoms with Gasteiger partial charge < -0.3 is 20.6 Å². The average molecular weight is 384 g/mol. The highest BCUT2D eigenvalue weighted by Gasteiger charge is 2.19. The third-order valence-electron chi connectivity index (χ3n) is 3.96. The molecule has 136 valence electrons. The van der Waals surface area contributed by atoms with E-state index >= 15 is 0 Å². The van der Waals surface area contributed by atoms with E-state index in [0.717, 1.165) is 10.9 Å². The van der Waals surface area contributed by atoms with Gasteiger partial charge in [0.1, 0.15) is 5.69 Å². The van der Waals surface area contributed by atoms with Crippen molar-refractivity contribution >= 4 is 28.3 Å². The van der Waals surface area contributed by atoms with Crippen LogP contribution in [0.5, 0.6) is 5.88 Å². The summed E-state index contributed by atoms with van der Waals surface area (Å²) in [5.41, 5.74) is 2.89. The van der Waals surface area contributed by atoms with Gasteiger partial charge in [0.2, 0.25) is 6.41 Å². The number of aromatic amines is 1. The molecule has 8 nitrogen and oxygen atoms in total. The molecular weight excluding hydrogens is 370 g/mol. The van der Waals surface area contributed by atoms with E-state index in [9.17, 15) is 5.11 Å². The molecule has 0 aliphatic rings. The van der Waals surface area contributed by atoms with Crippen LogP contribution in [-0.2, 0) is 0 Å². The van der Waals surface area contributed by atoms with Crippen molar-refractivity contribution in [3.05, 3.63) is 53.7 Å². The number of benzene rings is 2. The van der Waals surface area contributed by atoms with Crippen LogP contribution in [0.25, 0.3) is 33.4 Å². The number of nitrogens with one attached hydrogen (secondary N) is 2. The molecule has 0 aliphatic heterocycles. The third-order valence-corrected chi connectivity index (χ3v) is 4.26. The predicted molar refractivity (Wildman–Crippen MR) is 101 cm³/mol. The Morgan fingerprint density at radius 3 is 2.48 bits per heavy atom. The molecule has 0 amide bonds. The van der Waals surface area contributed by atoms with Gasteiger partial charge in [-0.05, 0) is 12.1 Å². The molecule has 4 aromatic rings. The third kappa shape index (κ3) is 3.28. The highest BCUT2D eigenvalue weighted by atomic mass is 35.5. The molecule has 2 heterocycles. The van der Waals surface area contributed by atoms with Gasteiger partial charge in [0.15, 0.2) is 5.82 Å². The van der Waals surface area contributed by atoms with Gasteiger partial charge in [-0.2, -0.15) is 5.10 Å². The van der Waals surface area contributed by atoms with Crippen LogP contribution in [0.3, 0.4) is 0 Å². The largest absolute Gasteiger partial charge is 0.491 e. The summed E-state index contributed by atoms with van der Waals surface area (Å²) in [6.07, 6.45) is -0.255. The maximum Gasteiger partial charge on any atom is 0.255 e. The number of H-pyrrole nitrogens is 1. The summed E-state index contributed by atoms with van der Waals surface area (Å²) >= 11 is 6.33. The number of hydrogen-bond acceptors (Lipinski definition) is 7. The minimum Gasteiger partial charge on any atom is -0.491 e. The standard InChI is InChI=1S/C18H14ClN5O3/c19-12-7-10(6-11-8-20-24-13(11)12)15-14(9-4-2-1-3-5-9)21-16(17(25)22-15)23-18(26)27/h1-8,18,26-27H,(H,20,24)(H,21,23)(H,22,25). The Kier molecular flexibility index (Phi) is 4.36. The van der Waals surface area contributed by atoms with Crippen LogP contribution in [0.15, 0.2) is 48.7 Å². The van der Waals surface area contributed by atoms with Crippen LogP contribution < -0.4 is 5.32 Å². The van der Waals surface area contributed by atoms with E-state index in [1.54, 1.807) is 12.3 Å². The Bertz CT molecular complexity index is 1110. The summed E-state index contributed by atoms with van der Waals surface area (Å²) in [6.45, 7) is 0. The number of aliphatic hydroxyl groups is 2. The van der Waals surface area contributed by atoms with Crippen LogP contribution >= 0.6 is 11.6 Å². The average Bonchev–Trinajstić information content (AvgIpc) is 3.13. The Labute approximate surface area is 158 Å². The summed E-state index contributed by atoms with van der Waals surface area (Å²) in [6, 6.07) is 12.7. The first-order valence-corrected chi connectivity index (χ1v) is 8.33. The lowest BCUT2D eigenvalue weighted by atomic mass is 10.0. The molecule has 0 saturated carbocycles. The SMILES string of the molecule is Oc1nc(-c2cc(Cl)c3[nH]ncc3c2)c(-c2ccccc2)nc1NC(O)O. The molecule has 2 aromatic heterocycles. The Morgan fingerprint density at radius 1 is 1.00 bits per heavy atom. The second kappa shape index (κ2) is 6.84. The lowest BCUT2D eigenvalue weighted by Crippen LogP contribution is -2.18. The molecule has 0 spiro atoms. The smallest absolute Gasteiger partial charge is 0.255 e. The number of aromatic nitrogens is 4. The fraction of sp³-hybridized carbons (Fsp3) is 0.0556. The van der Waals surface area contributed by atoms with Gasteiger partial charge in [-0.25, -0.2) is 9.97 Å². The summed E-state index contributed by atoms with van der Waals surface area (Å²) in [5.74, 6) is -0.621. The van der Waals surface area contributed by atoms with E-state index in [-0.39, 0.29) is 5.82 Å². The van der Waals surface area contributed by atoms with E-state index < -0.39 is 12.3 Å². The molecule has 2 aromatic carbocycles. The van der Waals surface area contributed by atoms with E-state index in [1.165, 1.54) is 0 Å². The van der Waals surface area contributed by atoms with Crippen molar-refractivity contribution < 1.29 is 15.3 Å². The quantitative estimate of drug-likeness (QED) is 0.343. The Morgan fingerprint density at radius 2 is 1.74 bits per heavy atom. The lowest BCUT2D eigenvalue weighted by molar-refractivity contribution is -0.0152. The van der Waals surface area contributed by atoms with Crippen molar-refractivity contribution in [1.82, 2.24) is 20.2 Å². The molecule has 0 unspecified atom stereocenters. The van der Waals surface area contributed by atoms with Gasteiger partial charge in [-0.3, -0.25) is 5.10 Å². The topological polar surface area (TPSA) is 127 Å². The molecule has 0 aliphatic carbocycles. The Hall–Kier alpha value is -3.20. The fourth-order valence-corrected chi connectivity index (χ4v) is 3.06. The van der Waals surface area contributed by atoms with Gasteiger partial charge in [0.25, 0.3) is 5.88 Å². The first kappa shape index (κ1) is 17.2. The highest BCUT2D eigenvalue weighted by molar-refractivity contribution is 6.35. The van der Waals surface area contributed by atoms with Crippen molar-refractivity contribution in [3.8, 4) is 28.4 Å². The normalized spacial score (nSPS) is 11.3. The second-order valence-electron chi connectivity index (χ2n) is 5.77. The van der Waals surface area contributed by atoms with Gasteiger partial charge >= 0.3 is 0 Å². The van der Waals surface area contributed by atoms with Crippen LogP contribution in [0, 0.1) is 0 Å². The molecule has 5 N–H and O–H groups in total. The zero-order valence-corrected chi connectivity index (χ0v) is 14.5. The van der Waals surface area contributed by atoms with Crippen LogP contribution in [0.2, 0.25) is 5.02 Å². The van der Waals surface area contributed by atoms with Crippen LogP contribution in [0.4, 0.5) is 5.82 Å². The summed E-state index contributed by atoms with van der Waals surface area (Å²) < 4.78 is 0. The summed E-state index contributed by atoms with van der Waals surface area (Å²) in [7, 11) is 0. The van der Waals surface area contributed by atoms with Gasteiger partial charge in [0, 0.05) is 16.5 Å². The van der Waals surface area contributed by atoms with Crippen molar-refractivity contribution in [1.29, 1.82) is 0 Å². The molecule has 27 heavy (non-hydrogen) atoms. The molecule has 0 atom stereocenters. The maximum atomic E-state index is 10.2. The van der Waals surface area contributed by atoms with E-state index in [1.807, 2.05) is 36.4 Å². The number of nitrogens with zero attached hydrogens (tertiary/aromatic N) is 3. The zero-order valence-electron chi connectivity index (χ0n) is 13.8. The molecule has 0 radical (unpaired) electrons. The predicted octanol–water partition coefficient (Wildman–Crippen LogP) is 2.73. The monoisotopic (exact) mass is 383 g/mol. The van der Waals surface area contributed by atoms with Gasteiger partial charge in [-0.15, -0.1) is 0 Å². The minimum atomic E-state index is -1.89. The number of fused-ring (bicyclic) bond motifs is 1. The van der Waals surface area contributed by atoms with Gasteiger partial charge in [-0.1, -0.05) is 41.9 Å². The number of halogens is 1. The Balaban J connectivity index is 1.96. The van der Waals surface area contributed by atoms with Crippen LogP contribution in [-0.4, -0.2) is 41.9 Å². The number of hydrogen-bond donors (Lipinski definition) is 5. The van der Waals surface area contributed by atoms with E-state index in [2.05, 4.69) is 25.5 Å². The molecule has 0 bridgehead atoms. The number of aliphatic hydroxyl groups excluding tert-OH is 1. The van der Waals surface area contributed by atoms with Crippen molar-refractivity contribution in [2.45, 2.75) is 6.41 Å². The van der Waals surface area contributed by atoms with E-state index in [0.29, 0.717) is 27.5 Å².